The van der Waals surface area contributed by atoms with E-state index in [1.165, 1.54) is 9.80 Å². The van der Waals surface area contributed by atoms with Gasteiger partial charge in [-0.25, -0.2) is 9.97 Å². The fourth-order valence-corrected chi connectivity index (χ4v) is 8.51. The van der Waals surface area contributed by atoms with Gasteiger partial charge >= 0.3 is 0 Å². The molecule has 0 radical (unpaired) electrons. The molecular weight excluding hydrogens is 528 g/mol. The van der Waals surface area contributed by atoms with E-state index in [-0.39, 0.29) is 71.0 Å². The number of imide groups is 2. The van der Waals surface area contributed by atoms with Gasteiger partial charge in [0.05, 0.1) is 40.7 Å². The van der Waals surface area contributed by atoms with Crippen molar-refractivity contribution in [2.75, 3.05) is 9.80 Å². The summed E-state index contributed by atoms with van der Waals surface area (Å²) < 4.78 is 0. The minimum absolute atomic E-state index is 0.0908. The van der Waals surface area contributed by atoms with Gasteiger partial charge in [0.2, 0.25) is 23.6 Å². The van der Waals surface area contributed by atoms with Crippen molar-refractivity contribution in [3.8, 4) is 22.6 Å². The Kier molecular flexibility index (Phi) is 4.79. The number of amides is 4. The number of nitrogens with zero attached hydrogens (tertiary/aromatic N) is 4. The Bertz CT molecular complexity index is 1590. The molecule has 4 bridgehead atoms. The number of anilines is 2. The van der Waals surface area contributed by atoms with Gasteiger partial charge in [-0.15, -0.1) is 0 Å². The zero-order chi connectivity index (χ0) is 28.3. The summed E-state index contributed by atoms with van der Waals surface area (Å²) in [5.74, 6) is -0.0616. The van der Waals surface area contributed by atoms with E-state index in [0.717, 1.165) is 24.0 Å². The Morgan fingerprint density at radius 3 is 1.36 bits per heavy atom. The highest BCUT2D eigenvalue weighted by molar-refractivity contribution is 6.23. The van der Waals surface area contributed by atoms with Gasteiger partial charge in [0, 0.05) is 17.3 Å². The Balaban J connectivity index is 0.948. The summed E-state index contributed by atoms with van der Waals surface area (Å²) in [6, 6.07) is 16.4. The van der Waals surface area contributed by atoms with Gasteiger partial charge in [0.25, 0.3) is 0 Å². The number of hydrogen-bond donors (Lipinski definition) is 0. The van der Waals surface area contributed by atoms with E-state index in [1.54, 1.807) is 30.5 Å². The lowest BCUT2D eigenvalue weighted by molar-refractivity contribution is -0.124. The van der Waals surface area contributed by atoms with Crippen molar-refractivity contribution in [1.29, 1.82) is 0 Å². The van der Waals surface area contributed by atoms with Gasteiger partial charge in [-0.1, -0.05) is 36.4 Å². The van der Waals surface area contributed by atoms with Crippen molar-refractivity contribution < 1.29 is 19.2 Å². The number of rotatable bonds is 4. The van der Waals surface area contributed by atoms with Crippen LogP contribution in [0.2, 0.25) is 0 Å². The Hall–Kier alpha value is -4.72. The molecule has 9 rings (SSSR count). The van der Waals surface area contributed by atoms with Gasteiger partial charge < -0.3 is 0 Å². The smallest absolute Gasteiger partial charge is 0.238 e. The molecule has 2 aromatic carbocycles. The molecule has 8 heteroatoms. The van der Waals surface area contributed by atoms with E-state index in [4.69, 9.17) is 4.98 Å². The molecule has 8 atom stereocenters. The molecule has 6 aliphatic rings. The van der Waals surface area contributed by atoms with Crippen molar-refractivity contribution in [2.24, 2.45) is 47.3 Å². The van der Waals surface area contributed by atoms with E-state index in [1.807, 2.05) is 30.3 Å². The molecule has 3 aromatic rings. The summed E-state index contributed by atoms with van der Waals surface area (Å²) in [6.45, 7) is 0. The first-order chi connectivity index (χ1) is 20.5. The van der Waals surface area contributed by atoms with Gasteiger partial charge in [-0.3, -0.25) is 29.0 Å². The third-order valence-corrected chi connectivity index (χ3v) is 10.4. The minimum atomic E-state index is -0.230. The number of aromatic nitrogens is 2. The molecule has 42 heavy (non-hydrogen) atoms. The molecule has 8 nitrogen and oxygen atoms in total. The largest absolute Gasteiger partial charge is 0.274 e. The monoisotopic (exact) mass is 554 g/mol. The number of carbonyl (C=O) groups is 4. The highest BCUT2D eigenvalue weighted by Gasteiger charge is 2.60. The maximum atomic E-state index is 13.2. The molecule has 206 valence electrons. The standard InChI is InChI=1S/C34H26N4O4/c39-31-26-19-1-2-20(15-19)27(26)32(40)37(31)23-9-5-17(6-10-23)25-13-14-35-30(36-25)18-7-11-24(12-8-18)38-33(41)28-21-3-4-22(16-21)29(28)34(38)42/h1-14,19-22,26-29H,15-16H2/t19-,20-,21-,22-,26+,27+,28-,29+/m0/s1. The summed E-state index contributed by atoms with van der Waals surface area (Å²) >= 11 is 0. The third kappa shape index (κ3) is 3.12. The van der Waals surface area contributed by atoms with Gasteiger partial charge in [0.1, 0.15) is 0 Å². The van der Waals surface area contributed by atoms with E-state index in [0.29, 0.717) is 22.9 Å². The van der Waals surface area contributed by atoms with E-state index >= 15 is 0 Å². The van der Waals surface area contributed by atoms with Crippen LogP contribution in [0.1, 0.15) is 12.8 Å². The first-order valence-corrected chi connectivity index (χ1v) is 14.6. The van der Waals surface area contributed by atoms with E-state index in [2.05, 4.69) is 29.3 Å². The van der Waals surface area contributed by atoms with Crippen molar-refractivity contribution in [2.45, 2.75) is 12.8 Å². The Morgan fingerprint density at radius 1 is 0.524 bits per heavy atom. The molecule has 0 N–H and O–H groups in total. The van der Waals surface area contributed by atoms with Crippen molar-refractivity contribution in [3.05, 3.63) is 85.1 Å². The lowest BCUT2D eigenvalue weighted by atomic mass is 9.85. The van der Waals surface area contributed by atoms with E-state index in [9.17, 15) is 19.2 Å². The molecule has 1 aromatic heterocycles. The van der Waals surface area contributed by atoms with Gasteiger partial charge in [-0.2, -0.15) is 0 Å². The number of carbonyl (C=O) groups excluding carboxylic acids is 4. The number of fused-ring (bicyclic) bond motifs is 10. The number of allylic oxidation sites excluding steroid dienone is 4. The Labute approximate surface area is 241 Å². The average molecular weight is 555 g/mol. The lowest BCUT2D eigenvalue weighted by Gasteiger charge is -2.18. The van der Waals surface area contributed by atoms with E-state index < -0.39 is 0 Å². The molecule has 4 aliphatic carbocycles. The molecule has 4 fully saturated rings. The van der Waals surface area contributed by atoms with Crippen LogP contribution in [0.3, 0.4) is 0 Å². The van der Waals surface area contributed by atoms with Crippen LogP contribution in [0.15, 0.2) is 85.1 Å². The quantitative estimate of drug-likeness (QED) is 0.349. The highest BCUT2D eigenvalue weighted by atomic mass is 16.2. The summed E-state index contributed by atoms with van der Waals surface area (Å²) in [6.07, 6.45) is 11.9. The molecule has 2 saturated carbocycles. The van der Waals surface area contributed by atoms with Crippen LogP contribution < -0.4 is 9.80 Å². The lowest BCUT2D eigenvalue weighted by Crippen LogP contribution is -2.32. The number of hydrogen-bond acceptors (Lipinski definition) is 6. The maximum absolute atomic E-state index is 13.2. The maximum Gasteiger partial charge on any atom is 0.238 e. The topological polar surface area (TPSA) is 101 Å². The second-order valence-electron chi connectivity index (χ2n) is 12.4. The van der Waals surface area contributed by atoms with Crippen LogP contribution >= 0.6 is 0 Å². The second kappa shape index (κ2) is 8.41. The molecule has 2 aliphatic heterocycles. The zero-order valence-electron chi connectivity index (χ0n) is 22.5. The van der Waals surface area contributed by atoms with Crippen LogP contribution in [0, 0.1) is 47.3 Å². The van der Waals surface area contributed by atoms with Crippen LogP contribution in [0.5, 0.6) is 0 Å². The van der Waals surface area contributed by atoms with Crippen LogP contribution in [-0.4, -0.2) is 33.6 Å². The van der Waals surface area contributed by atoms with Crippen LogP contribution in [0.25, 0.3) is 22.6 Å². The predicted molar refractivity (Wildman–Crippen MR) is 153 cm³/mol. The molecule has 0 unspecified atom stereocenters. The van der Waals surface area contributed by atoms with Gasteiger partial charge in [0.15, 0.2) is 5.82 Å². The molecule has 2 saturated heterocycles. The summed E-state index contributed by atoms with van der Waals surface area (Å²) in [7, 11) is 0. The first kappa shape index (κ1) is 23.9. The molecule has 3 heterocycles. The number of benzene rings is 2. The summed E-state index contributed by atoms with van der Waals surface area (Å²) in [5.41, 5.74) is 3.47. The SMILES string of the molecule is O=C1[C@@H]2[C@H](C(=O)N1c1ccc(-c3nccc(-c4ccc(N5C(=O)[C@H]6[C@H](C5=O)[C@H]5C=C[C@H]6C5)cc4)n3)cc1)[C@H]1C=C[C@H]2C1. The molecular formula is C34H26N4O4. The zero-order valence-corrected chi connectivity index (χ0v) is 22.5. The van der Waals surface area contributed by atoms with Crippen molar-refractivity contribution in [3.63, 3.8) is 0 Å². The molecule has 0 spiro atoms. The summed E-state index contributed by atoms with van der Waals surface area (Å²) in [5, 5.41) is 0. The van der Waals surface area contributed by atoms with Crippen LogP contribution in [-0.2, 0) is 19.2 Å². The third-order valence-electron chi connectivity index (χ3n) is 10.4. The molecule has 4 amide bonds. The van der Waals surface area contributed by atoms with Crippen molar-refractivity contribution in [1.82, 2.24) is 9.97 Å². The summed E-state index contributed by atoms with van der Waals surface area (Å²) in [4.78, 5) is 64.6. The second-order valence-corrected chi connectivity index (χ2v) is 12.4. The predicted octanol–water partition coefficient (Wildman–Crippen LogP) is 4.43. The minimum Gasteiger partial charge on any atom is -0.274 e. The van der Waals surface area contributed by atoms with Crippen molar-refractivity contribution >= 4 is 35.0 Å². The fourth-order valence-electron chi connectivity index (χ4n) is 8.51. The normalized spacial score (nSPS) is 33.4. The van der Waals surface area contributed by atoms with Crippen LogP contribution in [0.4, 0.5) is 11.4 Å². The Morgan fingerprint density at radius 2 is 0.929 bits per heavy atom. The van der Waals surface area contributed by atoms with Gasteiger partial charge in [-0.05, 0) is 79.0 Å². The highest BCUT2D eigenvalue weighted by Crippen LogP contribution is 2.54. The average Bonchev–Trinajstić information content (AvgIpc) is 3.87. The first-order valence-electron chi connectivity index (χ1n) is 14.6. The fraction of sp³-hybridized carbons (Fsp3) is 0.294.